The molecule has 0 N–H and O–H groups in total. The normalized spacial score (nSPS) is 14.8. The molecule has 2 aromatic rings. The van der Waals surface area contributed by atoms with Crippen LogP contribution in [0.1, 0.15) is 43.1 Å². The smallest absolute Gasteiger partial charge is 0.435 e. The zero-order valence-electron chi connectivity index (χ0n) is 19.5. The zero-order valence-corrected chi connectivity index (χ0v) is 19.5. The molecule has 1 heterocycles. The van der Waals surface area contributed by atoms with Gasteiger partial charge in [-0.2, -0.15) is 23.3 Å². The number of amides is 1. The summed E-state index contributed by atoms with van der Waals surface area (Å²) in [5, 5.41) is 4.21. The summed E-state index contributed by atoms with van der Waals surface area (Å²) in [7, 11) is 0. The molecule has 0 fully saturated rings. The largest absolute Gasteiger partial charge is 0.490 e. The third-order valence-corrected chi connectivity index (χ3v) is 4.81. The van der Waals surface area contributed by atoms with Crippen LogP contribution in [0.3, 0.4) is 0 Å². The van der Waals surface area contributed by atoms with Crippen LogP contribution in [0.25, 0.3) is 6.08 Å². The fourth-order valence-electron chi connectivity index (χ4n) is 3.27. The first-order chi connectivity index (χ1) is 16.7. The van der Waals surface area contributed by atoms with Gasteiger partial charge < -0.3 is 14.2 Å². The molecule has 0 saturated heterocycles. The Hall–Kier alpha value is -3.82. The van der Waals surface area contributed by atoms with Crippen molar-refractivity contribution in [1.29, 1.82) is 0 Å². The number of hydrazone groups is 1. The lowest BCUT2D eigenvalue weighted by atomic mass is 10.1. The van der Waals surface area contributed by atoms with Crippen LogP contribution in [-0.4, -0.2) is 43.6 Å². The molecule has 0 aromatic heterocycles. The number of nitrogens with zero attached hydrogens (tertiary/aromatic N) is 2. The number of esters is 1. The number of ether oxygens (including phenoxy) is 3. The van der Waals surface area contributed by atoms with Crippen molar-refractivity contribution in [1.82, 2.24) is 0 Å². The molecule has 0 saturated carbocycles. The SMILES string of the molecule is CCCOC(=O)c1ccc(N2N=C(C(F)(F)F)/C(=C/c3ccc(OCC)c(OCC)c3)C2=O)cc1. The molecular weight excluding hydrogens is 465 g/mol. The van der Waals surface area contributed by atoms with E-state index in [0.29, 0.717) is 41.7 Å². The van der Waals surface area contributed by atoms with E-state index in [4.69, 9.17) is 14.2 Å². The molecule has 0 atom stereocenters. The van der Waals surface area contributed by atoms with Gasteiger partial charge in [-0.25, -0.2) is 4.79 Å². The molecule has 1 amide bonds. The number of alkyl halides is 3. The van der Waals surface area contributed by atoms with E-state index in [9.17, 15) is 22.8 Å². The zero-order chi connectivity index (χ0) is 25.6. The van der Waals surface area contributed by atoms with Crippen LogP contribution in [0.2, 0.25) is 0 Å². The van der Waals surface area contributed by atoms with Gasteiger partial charge in [0, 0.05) is 0 Å². The minimum Gasteiger partial charge on any atom is -0.490 e. The third-order valence-electron chi connectivity index (χ3n) is 4.81. The van der Waals surface area contributed by atoms with Crippen LogP contribution in [-0.2, 0) is 9.53 Å². The number of hydrogen-bond donors (Lipinski definition) is 0. The fraction of sp³-hybridized carbons (Fsp3) is 0.320. The highest BCUT2D eigenvalue weighted by Crippen LogP contribution is 2.34. The van der Waals surface area contributed by atoms with E-state index in [1.807, 2.05) is 6.92 Å². The molecule has 2 aromatic carbocycles. The van der Waals surface area contributed by atoms with Crippen molar-refractivity contribution in [2.24, 2.45) is 5.10 Å². The summed E-state index contributed by atoms with van der Waals surface area (Å²) in [5.41, 5.74) is -1.33. The molecule has 3 rings (SSSR count). The highest BCUT2D eigenvalue weighted by Gasteiger charge is 2.46. The molecule has 1 aliphatic rings. The van der Waals surface area contributed by atoms with Crippen LogP contribution >= 0.6 is 0 Å². The summed E-state index contributed by atoms with van der Waals surface area (Å²) in [6.07, 6.45) is -3.10. The van der Waals surface area contributed by atoms with Crippen molar-refractivity contribution in [3.8, 4) is 11.5 Å². The van der Waals surface area contributed by atoms with Crippen molar-refractivity contribution < 1.29 is 37.0 Å². The Morgan fingerprint density at radius 2 is 1.66 bits per heavy atom. The van der Waals surface area contributed by atoms with Gasteiger partial charge in [-0.1, -0.05) is 13.0 Å². The minimum absolute atomic E-state index is 0.0777. The maximum atomic E-state index is 13.8. The van der Waals surface area contributed by atoms with E-state index >= 15 is 0 Å². The number of anilines is 1. The standard InChI is InChI=1S/C25H25F3N2O5/c1-4-13-35-24(32)17-8-10-18(11-9-17)30-23(31)19(22(29-30)25(26,27)28)14-16-7-12-20(33-5-2)21(15-16)34-6-3/h7-12,14-15H,4-6,13H2,1-3H3/b19-14-. The van der Waals surface area contributed by atoms with Gasteiger partial charge in [-0.15, -0.1) is 0 Å². The van der Waals surface area contributed by atoms with E-state index in [1.165, 1.54) is 36.4 Å². The van der Waals surface area contributed by atoms with Crippen LogP contribution in [0.15, 0.2) is 53.1 Å². The summed E-state index contributed by atoms with van der Waals surface area (Å²) < 4.78 is 57.4. The van der Waals surface area contributed by atoms with Gasteiger partial charge in [0.05, 0.1) is 36.6 Å². The summed E-state index contributed by atoms with van der Waals surface area (Å²) in [4.78, 5) is 25.0. The van der Waals surface area contributed by atoms with E-state index in [2.05, 4.69) is 5.10 Å². The summed E-state index contributed by atoms with van der Waals surface area (Å²) in [5.74, 6) is -0.725. The first kappa shape index (κ1) is 25.8. The lowest BCUT2D eigenvalue weighted by molar-refractivity contribution is -0.114. The average Bonchev–Trinajstić information content (AvgIpc) is 3.16. The number of carbonyl (C=O) groups excluding carboxylic acids is 2. The summed E-state index contributed by atoms with van der Waals surface area (Å²) in [6, 6.07) is 10.0. The third kappa shape index (κ3) is 6.00. The highest BCUT2D eigenvalue weighted by atomic mass is 19.4. The van der Waals surface area contributed by atoms with Crippen LogP contribution in [0.4, 0.5) is 18.9 Å². The molecule has 0 unspecified atom stereocenters. The van der Waals surface area contributed by atoms with Crippen molar-refractivity contribution >= 4 is 29.4 Å². The first-order valence-electron chi connectivity index (χ1n) is 11.1. The Labute approximate surface area is 200 Å². The molecule has 0 radical (unpaired) electrons. The van der Waals surface area contributed by atoms with Crippen LogP contribution < -0.4 is 14.5 Å². The Bertz CT molecular complexity index is 1140. The van der Waals surface area contributed by atoms with Gasteiger partial charge in [0.2, 0.25) is 0 Å². The van der Waals surface area contributed by atoms with Crippen molar-refractivity contribution in [3.63, 3.8) is 0 Å². The molecule has 0 aliphatic carbocycles. The van der Waals surface area contributed by atoms with E-state index < -0.39 is 29.3 Å². The van der Waals surface area contributed by atoms with E-state index in [-0.39, 0.29) is 17.9 Å². The highest BCUT2D eigenvalue weighted by molar-refractivity contribution is 6.34. The Kier molecular flexibility index (Phi) is 8.16. The minimum atomic E-state index is -4.87. The maximum absolute atomic E-state index is 13.8. The molecule has 0 spiro atoms. The van der Waals surface area contributed by atoms with Crippen LogP contribution in [0, 0.1) is 0 Å². The van der Waals surface area contributed by atoms with Gasteiger partial charge in [0.1, 0.15) is 0 Å². The topological polar surface area (TPSA) is 77.4 Å². The predicted octanol–water partition coefficient (Wildman–Crippen LogP) is 5.40. The van der Waals surface area contributed by atoms with Gasteiger partial charge >= 0.3 is 12.1 Å². The predicted molar refractivity (Wildman–Crippen MR) is 125 cm³/mol. The fourth-order valence-corrected chi connectivity index (χ4v) is 3.27. The van der Waals surface area contributed by atoms with E-state index in [0.717, 1.165) is 6.08 Å². The Morgan fingerprint density at radius 3 is 2.26 bits per heavy atom. The Balaban J connectivity index is 1.95. The molecule has 35 heavy (non-hydrogen) atoms. The molecule has 7 nitrogen and oxygen atoms in total. The number of halogens is 3. The quantitative estimate of drug-likeness (QED) is 0.348. The van der Waals surface area contributed by atoms with Crippen molar-refractivity contribution in [3.05, 3.63) is 59.2 Å². The van der Waals surface area contributed by atoms with Crippen LogP contribution in [0.5, 0.6) is 11.5 Å². The molecular formula is C25H25F3N2O5. The average molecular weight is 490 g/mol. The number of rotatable bonds is 9. The lowest BCUT2D eigenvalue weighted by Gasteiger charge is -2.13. The lowest BCUT2D eigenvalue weighted by Crippen LogP contribution is -2.25. The van der Waals surface area contributed by atoms with E-state index in [1.54, 1.807) is 19.9 Å². The van der Waals surface area contributed by atoms with Crippen molar-refractivity contribution in [2.75, 3.05) is 24.8 Å². The summed E-state index contributed by atoms with van der Waals surface area (Å²) >= 11 is 0. The van der Waals surface area contributed by atoms with Crippen molar-refractivity contribution in [2.45, 2.75) is 33.4 Å². The number of hydrogen-bond acceptors (Lipinski definition) is 6. The monoisotopic (exact) mass is 490 g/mol. The second-order valence-corrected chi connectivity index (χ2v) is 7.38. The number of benzene rings is 2. The molecule has 0 bridgehead atoms. The maximum Gasteiger partial charge on any atom is 0.435 e. The van der Waals surface area contributed by atoms with Gasteiger partial charge in [0.25, 0.3) is 5.91 Å². The second kappa shape index (κ2) is 11.1. The molecule has 186 valence electrons. The Morgan fingerprint density at radius 1 is 1.00 bits per heavy atom. The second-order valence-electron chi connectivity index (χ2n) is 7.38. The van der Waals surface area contributed by atoms with Gasteiger partial charge in [0.15, 0.2) is 17.2 Å². The van der Waals surface area contributed by atoms with Gasteiger partial charge in [-0.3, -0.25) is 4.79 Å². The number of carbonyl (C=O) groups is 2. The summed E-state index contributed by atoms with van der Waals surface area (Å²) in [6.45, 7) is 6.36. The molecule has 10 heteroatoms. The molecule has 1 aliphatic heterocycles. The van der Waals surface area contributed by atoms with Gasteiger partial charge in [-0.05, 0) is 68.3 Å². The first-order valence-corrected chi connectivity index (χ1v) is 11.1.